The maximum Gasteiger partial charge on any atom is 0.00106 e. The first-order chi connectivity index (χ1) is 4.92. The molecule has 11 heavy (non-hydrogen) atoms. The van der Waals surface area contributed by atoms with E-state index in [0.717, 1.165) is 6.42 Å². The summed E-state index contributed by atoms with van der Waals surface area (Å²) in [6.45, 7) is 14.8. The van der Waals surface area contributed by atoms with Crippen molar-refractivity contribution in [3.05, 3.63) is 13.2 Å². The fourth-order valence-corrected chi connectivity index (χ4v) is 0.661. The molecule has 0 aromatic rings. The second-order valence-electron chi connectivity index (χ2n) is 4.08. The van der Waals surface area contributed by atoms with Gasteiger partial charge in [-0.3, -0.25) is 0 Å². The number of rotatable bonds is 2. The molecule has 1 nitrogen and oxygen atoms in total. The van der Waals surface area contributed by atoms with Gasteiger partial charge in [-0.15, -0.1) is 13.2 Å². The van der Waals surface area contributed by atoms with Gasteiger partial charge in [-0.25, -0.2) is 0 Å². The van der Waals surface area contributed by atoms with Crippen LogP contribution in [0.5, 0.6) is 0 Å². The van der Waals surface area contributed by atoms with Crippen molar-refractivity contribution in [2.24, 2.45) is 11.1 Å². The van der Waals surface area contributed by atoms with E-state index in [-0.39, 0.29) is 0 Å². The number of hydrogen-bond donors (Lipinski definition) is 1. The van der Waals surface area contributed by atoms with Gasteiger partial charge in [-0.05, 0) is 25.2 Å². The zero-order chi connectivity index (χ0) is 9.49. The summed E-state index contributed by atoms with van der Waals surface area (Å²) in [5.41, 5.74) is 6.05. The molecule has 68 valence electrons. The highest BCUT2D eigenvalue weighted by molar-refractivity contribution is 4.64. The van der Waals surface area contributed by atoms with Gasteiger partial charge in [-0.1, -0.05) is 20.8 Å². The minimum Gasteiger partial charge on any atom is -0.328 e. The minimum absolute atomic E-state index is 0.365. The van der Waals surface area contributed by atoms with E-state index in [4.69, 9.17) is 5.73 Å². The van der Waals surface area contributed by atoms with Gasteiger partial charge in [0.05, 0.1) is 0 Å². The van der Waals surface area contributed by atoms with Crippen LogP contribution in [0.4, 0.5) is 0 Å². The standard InChI is InChI=1S/C8H19N.C2H4/c1-7(9)5-6-8(2,3)4;1-2/h7H,5-6,9H2,1-4H3;1-2H2. The Balaban J connectivity index is 0. The molecule has 0 rings (SSSR count). The maximum atomic E-state index is 5.60. The van der Waals surface area contributed by atoms with E-state index in [1.54, 1.807) is 0 Å². The molecule has 0 bridgehead atoms. The van der Waals surface area contributed by atoms with E-state index < -0.39 is 0 Å². The average Bonchev–Trinajstić information content (AvgIpc) is 1.87. The van der Waals surface area contributed by atoms with Crippen molar-refractivity contribution in [3.8, 4) is 0 Å². The molecular weight excluding hydrogens is 134 g/mol. The third-order valence-corrected chi connectivity index (χ3v) is 1.35. The van der Waals surface area contributed by atoms with Crippen molar-refractivity contribution in [1.29, 1.82) is 0 Å². The SMILES string of the molecule is C=C.CC(N)CCC(C)(C)C. The topological polar surface area (TPSA) is 26.0 Å². The molecule has 0 amide bonds. The summed E-state index contributed by atoms with van der Waals surface area (Å²) in [7, 11) is 0. The summed E-state index contributed by atoms with van der Waals surface area (Å²) in [6.07, 6.45) is 2.37. The van der Waals surface area contributed by atoms with Crippen molar-refractivity contribution < 1.29 is 0 Å². The van der Waals surface area contributed by atoms with Crippen LogP contribution in [0.15, 0.2) is 13.2 Å². The van der Waals surface area contributed by atoms with Crippen LogP contribution in [0, 0.1) is 5.41 Å². The quantitative estimate of drug-likeness (QED) is 0.613. The van der Waals surface area contributed by atoms with E-state index >= 15 is 0 Å². The molecule has 0 heterocycles. The first-order valence-corrected chi connectivity index (χ1v) is 4.17. The molecule has 0 spiro atoms. The van der Waals surface area contributed by atoms with Crippen molar-refractivity contribution in [3.63, 3.8) is 0 Å². The van der Waals surface area contributed by atoms with E-state index in [2.05, 4.69) is 40.9 Å². The summed E-state index contributed by atoms with van der Waals surface area (Å²) in [5.74, 6) is 0. The second-order valence-corrected chi connectivity index (χ2v) is 4.08. The van der Waals surface area contributed by atoms with Crippen molar-refractivity contribution in [2.75, 3.05) is 0 Å². The molecule has 1 heteroatoms. The van der Waals surface area contributed by atoms with Gasteiger partial charge in [-0.2, -0.15) is 0 Å². The molecule has 0 aromatic carbocycles. The Morgan fingerprint density at radius 1 is 1.27 bits per heavy atom. The highest BCUT2D eigenvalue weighted by atomic mass is 14.6. The first kappa shape index (κ1) is 13.3. The summed E-state index contributed by atoms with van der Waals surface area (Å²) in [6, 6.07) is 0.365. The molecule has 0 aliphatic carbocycles. The molecule has 2 N–H and O–H groups in total. The molecule has 0 fully saturated rings. The van der Waals surface area contributed by atoms with Gasteiger partial charge in [0, 0.05) is 6.04 Å². The van der Waals surface area contributed by atoms with Gasteiger partial charge in [0.1, 0.15) is 0 Å². The molecular formula is C10H23N. The van der Waals surface area contributed by atoms with Crippen LogP contribution < -0.4 is 5.73 Å². The fraction of sp³-hybridized carbons (Fsp3) is 0.800. The molecule has 1 unspecified atom stereocenters. The highest BCUT2D eigenvalue weighted by Gasteiger charge is 2.09. The van der Waals surface area contributed by atoms with Crippen LogP contribution in [-0.2, 0) is 0 Å². The summed E-state index contributed by atoms with van der Waals surface area (Å²) in [5, 5.41) is 0. The van der Waals surface area contributed by atoms with Gasteiger partial charge in [0.15, 0.2) is 0 Å². The van der Waals surface area contributed by atoms with Gasteiger partial charge in [0.2, 0.25) is 0 Å². The van der Waals surface area contributed by atoms with E-state index in [0.29, 0.717) is 11.5 Å². The van der Waals surface area contributed by atoms with E-state index in [1.807, 2.05) is 0 Å². The van der Waals surface area contributed by atoms with E-state index in [9.17, 15) is 0 Å². The van der Waals surface area contributed by atoms with Crippen LogP contribution in [0.2, 0.25) is 0 Å². The number of nitrogens with two attached hydrogens (primary N) is 1. The van der Waals surface area contributed by atoms with Crippen molar-refractivity contribution >= 4 is 0 Å². The smallest absolute Gasteiger partial charge is 0.00106 e. The lowest BCUT2D eigenvalue weighted by Gasteiger charge is -2.18. The van der Waals surface area contributed by atoms with Crippen LogP contribution >= 0.6 is 0 Å². The van der Waals surface area contributed by atoms with Crippen LogP contribution in [0.25, 0.3) is 0 Å². The predicted octanol–water partition coefficient (Wildman–Crippen LogP) is 2.96. The number of hydrogen-bond acceptors (Lipinski definition) is 1. The lowest BCUT2D eigenvalue weighted by molar-refractivity contribution is 0.352. The molecule has 1 atom stereocenters. The Labute approximate surface area is 71.7 Å². The van der Waals surface area contributed by atoms with Crippen molar-refractivity contribution in [1.82, 2.24) is 0 Å². The molecule has 0 saturated heterocycles. The van der Waals surface area contributed by atoms with Crippen LogP contribution in [0.3, 0.4) is 0 Å². The first-order valence-electron chi connectivity index (χ1n) is 4.17. The predicted molar refractivity (Wildman–Crippen MR) is 53.6 cm³/mol. The normalized spacial score (nSPS) is 13.2. The van der Waals surface area contributed by atoms with Crippen LogP contribution in [0.1, 0.15) is 40.5 Å². The fourth-order valence-electron chi connectivity index (χ4n) is 0.661. The maximum absolute atomic E-state index is 5.60. The molecule has 0 aliphatic heterocycles. The van der Waals surface area contributed by atoms with Gasteiger partial charge >= 0.3 is 0 Å². The zero-order valence-electron chi connectivity index (χ0n) is 8.48. The summed E-state index contributed by atoms with van der Waals surface area (Å²) >= 11 is 0. The minimum atomic E-state index is 0.365. The third-order valence-electron chi connectivity index (χ3n) is 1.35. The molecule has 0 saturated carbocycles. The Hall–Kier alpha value is -0.300. The highest BCUT2D eigenvalue weighted by Crippen LogP contribution is 2.20. The lowest BCUT2D eigenvalue weighted by atomic mass is 9.89. The Kier molecular flexibility index (Phi) is 7.75. The van der Waals surface area contributed by atoms with Crippen LogP contribution in [-0.4, -0.2) is 6.04 Å². The van der Waals surface area contributed by atoms with E-state index in [1.165, 1.54) is 6.42 Å². The van der Waals surface area contributed by atoms with Gasteiger partial charge < -0.3 is 5.73 Å². The van der Waals surface area contributed by atoms with Gasteiger partial charge in [0.25, 0.3) is 0 Å². The summed E-state index contributed by atoms with van der Waals surface area (Å²) < 4.78 is 0. The Morgan fingerprint density at radius 3 is 1.73 bits per heavy atom. The van der Waals surface area contributed by atoms with Crippen molar-refractivity contribution in [2.45, 2.75) is 46.6 Å². The molecule has 0 aromatic heterocycles. The summed E-state index contributed by atoms with van der Waals surface area (Å²) in [4.78, 5) is 0. The monoisotopic (exact) mass is 157 g/mol. The third kappa shape index (κ3) is 17.7. The Bertz CT molecular complexity index is 79.4. The zero-order valence-corrected chi connectivity index (χ0v) is 8.48. The molecule has 0 aliphatic rings. The largest absolute Gasteiger partial charge is 0.328 e. The lowest BCUT2D eigenvalue weighted by Crippen LogP contribution is -2.18. The Morgan fingerprint density at radius 2 is 1.64 bits per heavy atom. The average molecular weight is 157 g/mol. The molecule has 0 radical (unpaired) electrons. The second kappa shape index (κ2) is 6.41.